The summed E-state index contributed by atoms with van der Waals surface area (Å²) in [6.45, 7) is 0.232. The van der Waals surface area contributed by atoms with E-state index in [1.807, 2.05) is 0 Å². The molecule has 0 radical (unpaired) electrons. The van der Waals surface area contributed by atoms with Crippen LogP contribution < -0.4 is 0 Å². The average Bonchev–Trinajstić information content (AvgIpc) is 2.94. The molecule has 1 saturated heterocycles. The Bertz CT molecular complexity index is 360. The molecule has 7 heteroatoms. The molecule has 0 aromatic carbocycles. The van der Waals surface area contributed by atoms with E-state index < -0.39 is 6.04 Å². The summed E-state index contributed by atoms with van der Waals surface area (Å²) in [6.07, 6.45) is 1.69. The highest BCUT2D eigenvalue weighted by Gasteiger charge is 2.33. The average molecular weight is 287 g/mol. The van der Waals surface area contributed by atoms with Crippen LogP contribution >= 0.6 is 0 Å². The highest BCUT2D eigenvalue weighted by molar-refractivity contribution is 5.85. The van der Waals surface area contributed by atoms with Crippen LogP contribution in [0.1, 0.15) is 19.3 Å². The number of hydrogen-bond acceptors (Lipinski definition) is 7. The van der Waals surface area contributed by atoms with E-state index >= 15 is 0 Å². The van der Waals surface area contributed by atoms with Crippen LogP contribution in [0, 0.1) is 0 Å². The van der Waals surface area contributed by atoms with Gasteiger partial charge >= 0.3 is 5.97 Å². The van der Waals surface area contributed by atoms with Crippen LogP contribution in [0.3, 0.4) is 0 Å². The lowest BCUT2D eigenvalue weighted by Gasteiger charge is -2.33. The van der Waals surface area contributed by atoms with E-state index in [0.29, 0.717) is 18.7 Å². The molecule has 0 N–H and O–H groups in total. The van der Waals surface area contributed by atoms with E-state index in [-0.39, 0.29) is 31.1 Å². The van der Waals surface area contributed by atoms with Crippen molar-refractivity contribution in [1.29, 1.82) is 0 Å². The maximum Gasteiger partial charge on any atom is 0.334 e. The SMILES string of the molecule is COC(=O)[C@@H]1COC(C[C@@H]2C[C@H](OC)C[C@@H](OC)O2)=N1. The predicted octanol–water partition coefficient (Wildman–Crippen LogP) is 0.513. The van der Waals surface area contributed by atoms with E-state index in [2.05, 4.69) is 9.73 Å². The number of esters is 1. The minimum Gasteiger partial charge on any atom is -0.478 e. The molecule has 2 aliphatic heterocycles. The van der Waals surface area contributed by atoms with Gasteiger partial charge in [0.05, 0.1) is 19.3 Å². The van der Waals surface area contributed by atoms with Crippen molar-refractivity contribution < 1.29 is 28.5 Å². The first-order valence-electron chi connectivity index (χ1n) is 6.64. The van der Waals surface area contributed by atoms with Gasteiger partial charge in [-0.1, -0.05) is 0 Å². The van der Waals surface area contributed by atoms with Gasteiger partial charge in [0, 0.05) is 33.5 Å². The van der Waals surface area contributed by atoms with Crippen LogP contribution in [0.15, 0.2) is 4.99 Å². The quantitative estimate of drug-likeness (QED) is 0.686. The molecule has 20 heavy (non-hydrogen) atoms. The number of hydrogen-bond donors (Lipinski definition) is 0. The lowest BCUT2D eigenvalue weighted by atomic mass is 10.0. The fraction of sp³-hybridized carbons (Fsp3) is 0.846. The number of rotatable bonds is 5. The van der Waals surface area contributed by atoms with Gasteiger partial charge < -0.3 is 23.7 Å². The Balaban J connectivity index is 1.90. The normalized spacial score (nSPS) is 33.5. The molecule has 4 atom stereocenters. The van der Waals surface area contributed by atoms with Crippen molar-refractivity contribution in [3.63, 3.8) is 0 Å². The third-order valence-electron chi connectivity index (χ3n) is 3.50. The smallest absolute Gasteiger partial charge is 0.334 e. The summed E-state index contributed by atoms with van der Waals surface area (Å²) in [7, 11) is 4.62. The summed E-state index contributed by atoms with van der Waals surface area (Å²) in [5.74, 6) is 0.145. The zero-order chi connectivity index (χ0) is 14.5. The number of carbonyl (C=O) groups excluding carboxylic acids is 1. The van der Waals surface area contributed by atoms with Crippen molar-refractivity contribution >= 4 is 11.9 Å². The number of nitrogens with zero attached hydrogens (tertiary/aromatic N) is 1. The molecular weight excluding hydrogens is 266 g/mol. The maximum absolute atomic E-state index is 11.4. The van der Waals surface area contributed by atoms with Gasteiger partial charge in [-0.15, -0.1) is 0 Å². The van der Waals surface area contributed by atoms with Crippen molar-refractivity contribution in [2.24, 2.45) is 4.99 Å². The zero-order valence-corrected chi connectivity index (χ0v) is 12.0. The van der Waals surface area contributed by atoms with E-state index in [9.17, 15) is 4.79 Å². The summed E-state index contributed by atoms with van der Waals surface area (Å²) in [6, 6.07) is -0.560. The van der Waals surface area contributed by atoms with Gasteiger partial charge in [-0.05, 0) is 0 Å². The van der Waals surface area contributed by atoms with Gasteiger partial charge in [0.2, 0.25) is 0 Å². The van der Waals surface area contributed by atoms with Gasteiger partial charge in [-0.2, -0.15) is 0 Å². The van der Waals surface area contributed by atoms with Crippen LogP contribution in [0.4, 0.5) is 0 Å². The molecule has 7 nitrogen and oxygen atoms in total. The number of carbonyl (C=O) groups is 1. The second-order valence-corrected chi connectivity index (χ2v) is 4.83. The highest BCUT2D eigenvalue weighted by atomic mass is 16.7. The highest BCUT2D eigenvalue weighted by Crippen LogP contribution is 2.25. The van der Waals surface area contributed by atoms with Crippen molar-refractivity contribution in [3.8, 4) is 0 Å². The van der Waals surface area contributed by atoms with Crippen molar-refractivity contribution in [2.75, 3.05) is 27.9 Å². The summed E-state index contributed by atoms with van der Waals surface area (Å²) < 4.78 is 26.5. The van der Waals surface area contributed by atoms with E-state index in [1.165, 1.54) is 7.11 Å². The molecule has 114 valence electrons. The Morgan fingerprint density at radius 3 is 2.75 bits per heavy atom. The first-order valence-corrected chi connectivity index (χ1v) is 6.64. The van der Waals surface area contributed by atoms with Crippen molar-refractivity contribution in [2.45, 2.75) is 43.8 Å². The van der Waals surface area contributed by atoms with Crippen molar-refractivity contribution in [3.05, 3.63) is 0 Å². The summed E-state index contributed by atoms with van der Waals surface area (Å²) in [5, 5.41) is 0. The van der Waals surface area contributed by atoms with Crippen LogP contribution in [-0.4, -0.2) is 64.3 Å². The first kappa shape index (κ1) is 15.2. The number of methoxy groups -OCH3 is 3. The van der Waals surface area contributed by atoms with E-state index in [4.69, 9.17) is 18.9 Å². The van der Waals surface area contributed by atoms with Crippen LogP contribution in [-0.2, 0) is 28.5 Å². The first-order chi connectivity index (χ1) is 9.66. The second-order valence-electron chi connectivity index (χ2n) is 4.83. The van der Waals surface area contributed by atoms with E-state index in [0.717, 1.165) is 6.42 Å². The lowest BCUT2D eigenvalue weighted by molar-refractivity contribution is -0.205. The summed E-state index contributed by atoms with van der Waals surface area (Å²) in [4.78, 5) is 15.6. The molecule has 0 aliphatic carbocycles. The van der Waals surface area contributed by atoms with Gasteiger partial charge in [0.15, 0.2) is 18.2 Å². The largest absolute Gasteiger partial charge is 0.478 e. The molecule has 0 aromatic heterocycles. The fourth-order valence-corrected chi connectivity index (χ4v) is 2.39. The Morgan fingerprint density at radius 2 is 2.10 bits per heavy atom. The zero-order valence-electron chi connectivity index (χ0n) is 12.0. The van der Waals surface area contributed by atoms with Crippen LogP contribution in [0.2, 0.25) is 0 Å². The molecular formula is C13H21NO6. The minimum atomic E-state index is -0.560. The minimum absolute atomic E-state index is 0.0891. The van der Waals surface area contributed by atoms with Crippen molar-refractivity contribution in [1.82, 2.24) is 0 Å². The Hall–Kier alpha value is -1.18. The predicted molar refractivity (Wildman–Crippen MR) is 69.5 cm³/mol. The standard InChI is InChI=1S/C13H21NO6/c1-16-8-4-9(20-12(6-8)17-2)5-11-14-10(7-19-11)13(15)18-3/h8-10,12H,4-7H2,1-3H3/t8-,9-,10-,12-/m0/s1. The lowest BCUT2D eigenvalue weighted by Crippen LogP contribution is -2.38. The molecule has 2 rings (SSSR count). The summed E-state index contributed by atoms with van der Waals surface area (Å²) >= 11 is 0. The topological polar surface area (TPSA) is 75.6 Å². The third-order valence-corrected chi connectivity index (χ3v) is 3.50. The maximum atomic E-state index is 11.4. The molecule has 0 bridgehead atoms. The molecule has 0 saturated carbocycles. The Morgan fingerprint density at radius 1 is 1.30 bits per heavy atom. The number of ether oxygens (including phenoxy) is 5. The van der Waals surface area contributed by atoms with Crippen LogP contribution in [0.25, 0.3) is 0 Å². The molecule has 0 aromatic rings. The second kappa shape index (κ2) is 7.01. The molecule has 0 spiro atoms. The number of aliphatic imine (C=N–C) groups is 1. The molecule has 1 fully saturated rings. The molecule has 0 unspecified atom stereocenters. The van der Waals surface area contributed by atoms with Crippen LogP contribution in [0.5, 0.6) is 0 Å². The third kappa shape index (κ3) is 3.68. The Kier molecular flexibility index (Phi) is 5.33. The molecule has 2 aliphatic rings. The molecule has 2 heterocycles. The molecule has 0 amide bonds. The Labute approximate surface area is 118 Å². The van der Waals surface area contributed by atoms with E-state index in [1.54, 1.807) is 14.2 Å². The monoisotopic (exact) mass is 287 g/mol. The van der Waals surface area contributed by atoms with Gasteiger partial charge in [0.25, 0.3) is 0 Å². The summed E-state index contributed by atoms with van der Waals surface area (Å²) in [5.41, 5.74) is 0. The fourth-order valence-electron chi connectivity index (χ4n) is 2.39. The van der Waals surface area contributed by atoms with Gasteiger partial charge in [-0.25, -0.2) is 9.79 Å². The van der Waals surface area contributed by atoms with Gasteiger partial charge in [-0.3, -0.25) is 0 Å². The van der Waals surface area contributed by atoms with Gasteiger partial charge in [0.1, 0.15) is 6.61 Å².